The average molecular weight is 182 g/mol. The van der Waals surface area contributed by atoms with Crippen molar-refractivity contribution < 1.29 is 0 Å². The van der Waals surface area contributed by atoms with Crippen molar-refractivity contribution in [2.75, 3.05) is 7.05 Å². The molecule has 2 heteroatoms. The molecular formula is C11H22N2. The van der Waals surface area contributed by atoms with Crippen LogP contribution < -0.4 is 0 Å². The third-order valence-corrected chi connectivity index (χ3v) is 2.94. The van der Waals surface area contributed by atoms with E-state index in [9.17, 15) is 0 Å². The fourth-order valence-electron chi connectivity index (χ4n) is 2.00. The molecule has 0 unspecified atom stereocenters. The van der Waals surface area contributed by atoms with Crippen LogP contribution in [0, 0.1) is 10.8 Å². The Morgan fingerprint density at radius 3 is 2.08 bits per heavy atom. The predicted molar refractivity (Wildman–Crippen MR) is 57.2 cm³/mol. The first-order chi connectivity index (χ1) is 5.93. The molecule has 0 spiro atoms. The quantitative estimate of drug-likeness (QED) is 0.490. The topological polar surface area (TPSA) is 27.1 Å². The van der Waals surface area contributed by atoms with Crippen LogP contribution in [-0.2, 0) is 0 Å². The van der Waals surface area contributed by atoms with E-state index in [0.29, 0.717) is 6.04 Å². The first kappa shape index (κ1) is 10.6. The second kappa shape index (κ2) is 3.69. The molecule has 0 aromatic heterocycles. The summed E-state index contributed by atoms with van der Waals surface area (Å²) < 4.78 is 0. The maximum absolute atomic E-state index is 8.04. The van der Waals surface area contributed by atoms with Crippen molar-refractivity contribution in [3.05, 3.63) is 0 Å². The monoisotopic (exact) mass is 182 g/mol. The van der Waals surface area contributed by atoms with E-state index >= 15 is 0 Å². The second-order valence-corrected chi connectivity index (χ2v) is 5.15. The van der Waals surface area contributed by atoms with Crippen LogP contribution in [0.15, 0.2) is 0 Å². The number of rotatable bonds is 1. The van der Waals surface area contributed by atoms with E-state index in [-0.39, 0.29) is 5.41 Å². The van der Waals surface area contributed by atoms with Crippen LogP contribution >= 0.6 is 0 Å². The highest BCUT2D eigenvalue weighted by atomic mass is 15.2. The Hall–Kier alpha value is -0.530. The molecule has 0 radical (unpaired) electrons. The summed E-state index contributed by atoms with van der Waals surface area (Å²) in [6.07, 6.45) is 5.22. The normalized spacial score (nSPS) is 19.1. The molecule has 0 aromatic carbocycles. The lowest BCUT2D eigenvalue weighted by atomic mass is 9.93. The van der Waals surface area contributed by atoms with Crippen molar-refractivity contribution in [3.8, 4) is 0 Å². The van der Waals surface area contributed by atoms with Gasteiger partial charge >= 0.3 is 0 Å². The van der Waals surface area contributed by atoms with E-state index in [1.807, 2.05) is 0 Å². The summed E-state index contributed by atoms with van der Waals surface area (Å²) in [6, 6.07) is 0.631. The maximum Gasteiger partial charge on any atom is 0.101 e. The number of hydrogen-bond donors (Lipinski definition) is 1. The molecule has 1 rings (SSSR count). The number of hydrogen-bond acceptors (Lipinski definition) is 1. The van der Waals surface area contributed by atoms with Crippen LogP contribution in [0.1, 0.15) is 46.5 Å². The first-order valence-electron chi connectivity index (χ1n) is 5.25. The third-order valence-electron chi connectivity index (χ3n) is 2.94. The Labute approximate surface area is 81.8 Å². The van der Waals surface area contributed by atoms with Gasteiger partial charge in [-0.25, -0.2) is 0 Å². The minimum absolute atomic E-state index is 0.00264. The summed E-state index contributed by atoms with van der Waals surface area (Å²) in [5.41, 5.74) is -0.00264. The SMILES string of the molecule is CN(C(=N)C(C)(C)C)C1CCCC1. The van der Waals surface area contributed by atoms with Crippen molar-refractivity contribution in [1.82, 2.24) is 4.90 Å². The van der Waals surface area contributed by atoms with Crippen molar-refractivity contribution in [2.24, 2.45) is 5.41 Å². The fraction of sp³-hybridized carbons (Fsp3) is 0.909. The summed E-state index contributed by atoms with van der Waals surface area (Å²) in [5, 5.41) is 8.04. The van der Waals surface area contributed by atoms with Gasteiger partial charge in [-0.15, -0.1) is 0 Å². The zero-order chi connectivity index (χ0) is 10.1. The average Bonchev–Trinajstić information content (AvgIpc) is 2.51. The molecule has 1 N–H and O–H groups in total. The molecule has 0 atom stereocenters. The van der Waals surface area contributed by atoms with Crippen LogP contribution in [0.2, 0.25) is 0 Å². The predicted octanol–water partition coefficient (Wildman–Crippen LogP) is 2.88. The van der Waals surface area contributed by atoms with Gasteiger partial charge in [0.2, 0.25) is 0 Å². The molecule has 0 aliphatic heterocycles. The van der Waals surface area contributed by atoms with Gasteiger partial charge in [-0.05, 0) is 12.8 Å². The van der Waals surface area contributed by atoms with Gasteiger partial charge in [0, 0.05) is 18.5 Å². The van der Waals surface area contributed by atoms with Crippen LogP contribution in [-0.4, -0.2) is 23.8 Å². The highest BCUT2D eigenvalue weighted by Gasteiger charge is 2.27. The molecule has 2 nitrogen and oxygen atoms in total. The lowest BCUT2D eigenvalue weighted by molar-refractivity contribution is 0.332. The Morgan fingerprint density at radius 2 is 1.69 bits per heavy atom. The summed E-state index contributed by atoms with van der Waals surface area (Å²) >= 11 is 0. The minimum atomic E-state index is -0.00264. The molecule has 0 aromatic rings. The van der Waals surface area contributed by atoms with Crippen LogP contribution in [0.5, 0.6) is 0 Å². The van der Waals surface area contributed by atoms with E-state index in [1.165, 1.54) is 25.7 Å². The van der Waals surface area contributed by atoms with Crippen molar-refractivity contribution in [3.63, 3.8) is 0 Å². The third kappa shape index (κ3) is 2.45. The van der Waals surface area contributed by atoms with Gasteiger partial charge in [-0.2, -0.15) is 0 Å². The van der Waals surface area contributed by atoms with Gasteiger partial charge in [-0.1, -0.05) is 33.6 Å². The smallest absolute Gasteiger partial charge is 0.101 e. The lowest BCUT2D eigenvalue weighted by Gasteiger charge is -2.33. The molecular weight excluding hydrogens is 160 g/mol. The number of amidine groups is 1. The van der Waals surface area contributed by atoms with Crippen LogP contribution in [0.25, 0.3) is 0 Å². The Bertz CT molecular complexity index is 185. The zero-order valence-electron chi connectivity index (χ0n) is 9.35. The van der Waals surface area contributed by atoms with E-state index < -0.39 is 0 Å². The van der Waals surface area contributed by atoms with Gasteiger partial charge in [0.1, 0.15) is 5.84 Å². The molecule has 0 amide bonds. The second-order valence-electron chi connectivity index (χ2n) is 5.15. The standard InChI is InChI=1S/C11H22N2/c1-11(2,3)10(12)13(4)9-7-5-6-8-9/h9,12H,5-8H2,1-4H3. The van der Waals surface area contributed by atoms with Gasteiger partial charge in [0.05, 0.1) is 0 Å². The highest BCUT2D eigenvalue weighted by Crippen LogP contribution is 2.26. The van der Waals surface area contributed by atoms with Gasteiger partial charge < -0.3 is 4.90 Å². The minimum Gasteiger partial charge on any atom is -0.360 e. The first-order valence-corrected chi connectivity index (χ1v) is 5.25. The summed E-state index contributed by atoms with van der Waals surface area (Å²) in [6.45, 7) is 6.34. The summed E-state index contributed by atoms with van der Waals surface area (Å²) in [5.74, 6) is 0.777. The van der Waals surface area contributed by atoms with Gasteiger partial charge in [-0.3, -0.25) is 5.41 Å². The fourth-order valence-corrected chi connectivity index (χ4v) is 2.00. The van der Waals surface area contributed by atoms with Crippen LogP contribution in [0.3, 0.4) is 0 Å². The largest absolute Gasteiger partial charge is 0.360 e. The van der Waals surface area contributed by atoms with E-state index in [2.05, 4.69) is 32.7 Å². The molecule has 0 bridgehead atoms. The zero-order valence-corrected chi connectivity index (χ0v) is 9.35. The Morgan fingerprint density at radius 1 is 1.23 bits per heavy atom. The van der Waals surface area contributed by atoms with E-state index in [0.717, 1.165) is 5.84 Å². The maximum atomic E-state index is 8.04. The highest BCUT2D eigenvalue weighted by molar-refractivity contribution is 5.84. The van der Waals surface area contributed by atoms with E-state index in [4.69, 9.17) is 5.41 Å². The molecule has 1 fully saturated rings. The molecule has 13 heavy (non-hydrogen) atoms. The van der Waals surface area contributed by atoms with Crippen molar-refractivity contribution >= 4 is 5.84 Å². The molecule has 0 heterocycles. The van der Waals surface area contributed by atoms with E-state index in [1.54, 1.807) is 0 Å². The molecule has 76 valence electrons. The summed E-state index contributed by atoms with van der Waals surface area (Å²) in [7, 11) is 2.07. The number of nitrogens with one attached hydrogen (secondary N) is 1. The molecule has 1 aliphatic rings. The summed E-state index contributed by atoms with van der Waals surface area (Å²) in [4.78, 5) is 2.17. The van der Waals surface area contributed by atoms with Crippen molar-refractivity contribution in [1.29, 1.82) is 5.41 Å². The molecule has 1 saturated carbocycles. The Balaban J connectivity index is 2.56. The molecule has 1 aliphatic carbocycles. The van der Waals surface area contributed by atoms with Gasteiger partial charge in [0.15, 0.2) is 0 Å². The van der Waals surface area contributed by atoms with Gasteiger partial charge in [0.25, 0.3) is 0 Å². The van der Waals surface area contributed by atoms with Crippen molar-refractivity contribution in [2.45, 2.75) is 52.5 Å². The number of nitrogens with zero attached hydrogens (tertiary/aromatic N) is 1. The lowest BCUT2D eigenvalue weighted by Crippen LogP contribution is -2.41. The Kier molecular flexibility index (Phi) is 2.99. The van der Waals surface area contributed by atoms with Crippen LogP contribution in [0.4, 0.5) is 0 Å². The molecule has 0 saturated heterocycles.